The van der Waals surface area contributed by atoms with E-state index in [0.717, 1.165) is 0 Å². The lowest BCUT2D eigenvalue weighted by Gasteiger charge is -2.08. The molecule has 0 bridgehead atoms. The summed E-state index contributed by atoms with van der Waals surface area (Å²) >= 11 is 0. The number of benzene rings is 2. The van der Waals surface area contributed by atoms with Gasteiger partial charge in [0.2, 0.25) is 0 Å². The lowest BCUT2D eigenvalue weighted by atomic mass is 10.2. The smallest absolute Gasteiger partial charge is 0.272 e. The van der Waals surface area contributed by atoms with Gasteiger partial charge in [-0.1, -0.05) is 18.2 Å². The lowest BCUT2D eigenvalue weighted by molar-refractivity contribution is -0.385. The molecule has 0 unspecified atom stereocenters. The van der Waals surface area contributed by atoms with Crippen LogP contribution in [0.1, 0.15) is 5.56 Å². The third-order valence-electron chi connectivity index (χ3n) is 2.70. The van der Waals surface area contributed by atoms with Crippen molar-refractivity contribution >= 4 is 21.4 Å². The van der Waals surface area contributed by atoms with Crippen LogP contribution in [0, 0.1) is 17.0 Å². The molecule has 0 heterocycles. The molecule has 2 aromatic carbocycles. The van der Waals surface area contributed by atoms with Crippen molar-refractivity contribution in [3.05, 3.63) is 64.2 Å². The molecule has 6 nitrogen and oxygen atoms in total. The first kappa shape index (κ1) is 14.0. The van der Waals surface area contributed by atoms with Crippen LogP contribution in [0.2, 0.25) is 0 Å². The Hall–Kier alpha value is -2.41. The molecule has 2 rings (SSSR count). The Morgan fingerprint density at radius 2 is 1.75 bits per heavy atom. The number of nitro groups is 1. The first-order chi connectivity index (χ1) is 9.40. The molecule has 0 atom stereocenters. The number of hydrogen-bond acceptors (Lipinski definition) is 4. The fourth-order valence-electron chi connectivity index (χ4n) is 1.74. The summed E-state index contributed by atoms with van der Waals surface area (Å²) in [5.41, 5.74) is 0.632. The van der Waals surface area contributed by atoms with Gasteiger partial charge in [-0.05, 0) is 31.2 Å². The first-order valence-electron chi connectivity index (χ1n) is 5.73. The topological polar surface area (TPSA) is 89.3 Å². The molecule has 0 aliphatic rings. The van der Waals surface area contributed by atoms with Crippen molar-refractivity contribution in [2.45, 2.75) is 11.8 Å². The summed E-state index contributed by atoms with van der Waals surface area (Å²) in [5, 5.41) is 10.7. The molecule has 0 spiro atoms. The van der Waals surface area contributed by atoms with Gasteiger partial charge in [0.05, 0.1) is 9.82 Å². The molecule has 0 saturated carbocycles. The van der Waals surface area contributed by atoms with E-state index in [0.29, 0.717) is 5.56 Å². The third kappa shape index (κ3) is 2.94. The number of hydrogen-bond donors (Lipinski definition) is 1. The summed E-state index contributed by atoms with van der Waals surface area (Å²) in [6.07, 6.45) is 0. The molecule has 0 aromatic heterocycles. The van der Waals surface area contributed by atoms with Crippen molar-refractivity contribution in [1.29, 1.82) is 0 Å². The molecule has 0 aliphatic carbocycles. The van der Waals surface area contributed by atoms with E-state index >= 15 is 0 Å². The number of nitrogens with one attached hydrogen (secondary N) is 1. The minimum Gasteiger partial charge on any atom is -0.280 e. The van der Waals surface area contributed by atoms with Crippen LogP contribution in [-0.4, -0.2) is 13.3 Å². The van der Waals surface area contributed by atoms with E-state index in [-0.39, 0.29) is 16.3 Å². The van der Waals surface area contributed by atoms with Gasteiger partial charge in [0, 0.05) is 17.3 Å². The zero-order chi connectivity index (χ0) is 14.8. The minimum atomic E-state index is -3.68. The van der Waals surface area contributed by atoms with Gasteiger partial charge in [0.1, 0.15) is 0 Å². The first-order valence-corrected chi connectivity index (χ1v) is 7.21. The highest BCUT2D eigenvalue weighted by atomic mass is 32.2. The Morgan fingerprint density at radius 3 is 2.30 bits per heavy atom. The minimum absolute atomic E-state index is 0.0485. The van der Waals surface area contributed by atoms with Gasteiger partial charge in [0.25, 0.3) is 15.7 Å². The Balaban J connectivity index is 2.31. The number of aryl methyl sites for hydroxylation is 1. The standard InChI is InChI=1S/C13H12N2O4S/c1-10-9-11(7-8-13(10)15(16)17)14-20(18,19)12-5-3-2-4-6-12/h2-9,14H,1H3. The SMILES string of the molecule is Cc1cc(NS(=O)(=O)c2ccccc2)ccc1[N+](=O)[O-]. The van der Waals surface area contributed by atoms with Gasteiger partial charge >= 0.3 is 0 Å². The van der Waals surface area contributed by atoms with E-state index in [2.05, 4.69) is 4.72 Å². The van der Waals surface area contributed by atoms with Crippen LogP contribution in [-0.2, 0) is 10.0 Å². The molecule has 20 heavy (non-hydrogen) atoms. The normalized spacial score (nSPS) is 11.1. The largest absolute Gasteiger partial charge is 0.280 e. The van der Waals surface area contributed by atoms with Crippen molar-refractivity contribution in [2.75, 3.05) is 4.72 Å². The summed E-state index contributed by atoms with van der Waals surface area (Å²) < 4.78 is 26.6. The molecule has 7 heteroatoms. The van der Waals surface area contributed by atoms with E-state index in [9.17, 15) is 18.5 Å². The Morgan fingerprint density at radius 1 is 1.10 bits per heavy atom. The zero-order valence-electron chi connectivity index (χ0n) is 10.6. The number of sulfonamides is 1. The van der Waals surface area contributed by atoms with Gasteiger partial charge in [-0.3, -0.25) is 14.8 Å². The third-order valence-corrected chi connectivity index (χ3v) is 4.10. The second-order valence-corrected chi connectivity index (χ2v) is 5.86. The van der Waals surface area contributed by atoms with Crippen LogP contribution in [0.5, 0.6) is 0 Å². The number of nitrogens with zero attached hydrogens (tertiary/aromatic N) is 1. The van der Waals surface area contributed by atoms with Crippen molar-refractivity contribution in [3.8, 4) is 0 Å². The summed E-state index contributed by atoms with van der Waals surface area (Å²) in [6.45, 7) is 1.55. The molecule has 2 aromatic rings. The Bertz CT molecular complexity index is 742. The summed E-state index contributed by atoms with van der Waals surface area (Å²) in [7, 11) is -3.68. The van der Waals surface area contributed by atoms with E-state index in [1.165, 1.54) is 30.3 Å². The highest BCUT2D eigenvalue weighted by Gasteiger charge is 2.16. The van der Waals surface area contributed by atoms with Crippen molar-refractivity contribution in [2.24, 2.45) is 0 Å². The lowest BCUT2D eigenvalue weighted by Crippen LogP contribution is -2.12. The number of anilines is 1. The molecular weight excluding hydrogens is 280 g/mol. The Kier molecular flexibility index (Phi) is 3.71. The molecule has 0 radical (unpaired) electrons. The average molecular weight is 292 g/mol. The molecular formula is C13H12N2O4S. The summed E-state index contributed by atoms with van der Waals surface area (Å²) in [6, 6.07) is 12.0. The maximum atomic E-state index is 12.1. The van der Waals surface area contributed by atoms with E-state index in [1.807, 2.05) is 0 Å². The Labute approximate surface area is 116 Å². The second kappa shape index (κ2) is 5.30. The zero-order valence-corrected chi connectivity index (χ0v) is 11.4. The molecule has 0 aliphatic heterocycles. The van der Waals surface area contributed by atoms with Crippen LogP contribution in [0.15, 0.2) is 53.4 Å². The van der Waals surface area contributed by atoms with Crippen LogP contribution in [0.3, 0.4) is 0 Å². The fourth-order valence-corrected chi connectivity index (χ4v) is 2.81. The van der Waals surface area contributed by atoms with E-state index in [1.54, 1.807) is 25.1 Å². The van der Waals surface area contributed by atoms with Crippen molar-refractivity contribution in [1.82, 2.24) is 0 Å². The van der Waals surface area contributed by atoms with Crippen LogP contribution in [0.25, 0.3) is 0 Å². The summed E-state index contributed by atoms with van der Waals surface area (Å²) in [5.74, 6) is 0. The van der Waals surface area contributed by atoms with Gasteiger partial charge in [-0.2, -0.15) is 0 Å². The van der Waals surface area contributed by atoms with E-state index in [4.69, 9.17) is 0 Å². The van der Waals surface area contributed by atoms with Crippen LogP contribution < -0.4 is 4.72 Å². The van der Waals surface area contributed by atoms with E-state index < -0.39 is 14.9 Å². The predicted molar refractivity (Wildman–Crippen MR) is 75.1 cm³/mol. The monoisotopic (exact) mass is 292 g/mol. The molecule has 0 saturated heterocycles. The van der Waals surface area contributed by atoms with Crippen molar-refractivity contribution in [3.63, 3.8) is 0 Å². The fraction of sp³-hybridized carbons (Fsp3) is 0.0769. The number of nitro benzene ring substituents is 1. The second-order valence-electron chi connectivity index (χ2n) is 4.18. The van der Waals surface area contributed by atoms with Crippen LogP contribution >= 0.6 is 0 Å². The van der Waals surface area contributed by atoms with Crippen LogP contribution in [0.4, 0.5) is 11.4 Å². The maximum Gasteiger partial charge on any atom is 0.272 e. The van der Waals surface area contributed by atoms with Crippen molar-refractivity contribution < 1.29 is 13.3 Å². The summed E-state index contributed by atoms with van der Waals surface area (Å²) in [4.78, 5) is 10.3. The molecule has 1 N–H and O–H groups in total. The molecule has 0 amide bonds. The van der Waals surface area contributed by atoms with Gasteiger partial charge in [-0.25, -0.2) is 8.42 Å². The highest BCUT2D eigenvalue weighted by molar-refractivity contribution is 7.92. The van der Waals surface area contributed by atoms with Gasteiger partial charge in [-0.15, -0.1) is 0 Å². The predicted octanol–water partition coefficient (Wildman–Crippen LogP) is 2.70. The highest BCUT2D eigenvalue weighted by Crippen LogP contribution is 2.23. The average Bonchev–Trinajstić information content (AvgIpc) is 2.39. The molecule has 104 valence electrons. The maximum absolute atomic E-state index is 12.1. The van der Waals surface area contributed by atoms with Gasteiger partial charge in [0.15, 0.2) is 0 Å². The quantitative estimate of drug-likeness (QED) is 0.693. The van der Waals surface area contributed by atoms with Gasteiger partial charge < -0.3 is 0 Å². The number of rotatable bonds is 4. The molecule has 0 fully saturated rings.